The van der Waals surface area contributed by atoms with Crippen LogP contribution in [0.5, 0.6) is 0 Å². The summed E-state index contributed by atoms with van der Waals surface area (Å²) in [6, 6.07) is -0.309. The number of thiazole rings is 1. The van der Waals surface area contributed by atoms with Gasteiger partial charge in [0.2, 0.25) is 11.8 Å². The molecule has 0 saturated carbocycles. The van der Waals surface area contributed by atoms with Crippen molar-refractivity contribution in [3.8, 4) is 0 Å². The van der Waals surface area contributed by atoms with Gasteiger partial charge in [0.05, 0.1) is 12.6 Å². The molecule has 29 heavy (non-hydrogen) atoms. The molecule has 3 atom stereocenters. The van der Waals surface area contributed by atoms with E-state index in [2.05, 4.69) is 29.5 Å². The lowest BCUT2D eigenvalue weighted by molar-refractivity contribution is -0.133. The van der Waals surface area contributed by atoms with E-state index in [4.69, 9.17) is 5.11 Å². The summed E-state index contributed by atoms with van der Waals surface area (Å²) in [7, 11) is 1.59. The average Bonchev–Trinajstić information content (AvgIpc) is 3.13. The molecule has 0 aromatic carbocycles. The molecular formula is C19H30N4O5S. The molecule has 0 aliphatic carbocycles. The van der Waals surface area contributed by atoms with Crippen LogP contribution < -0.4 is 10.6 Å². The van der Waals surface area contributed by atoms with Crippen molar-refractivity contribution >= 4 is 29.1 Å². The number of nitrogens with one attached hydrogen (secondary N) is 2. The lowest BCUT2D eigenvalue weighted by Crippen LogP contribution is -2.56. The highest BCUT2D eigenvalue weighted by Crippen LogP contribution is 2.30. The molecule has 1 aliphatic rings. The van der Waals surface area contributed by atoms with Gasteiger partial charge in [0.1, 0.15) is 11.1 Å². The molecule has 0 spiro atoms. The smallest absolute Gasteiger partial charge is 0.355 e. The second-order valence-electron chi connectivity index (χ2n) is 8.42. The number of hydrogen-bond acceptors (Lipinski definition) is 7. The molecule has 0 radical (unpaired) electrons. The number of carbonyl (C=O) groups excluding carboxylic acids is 2. The summed E-state index contributed by atoms with van der Waals surface area (Å²) in [6.07, 6.45) is 0.206. The number of nitrogens with zero attached hydrogens (tertiary/aromatic N) is 2. The van der Waals surface area contributed by atoms with E-state index in [0.717, 1.165) is 24.3 Å². The van der Waals surface area contributed by atoms with Crippen LogP contribution in [0.1, 0.15) is 55.2 Å². The fraction of sp³-hybridized carbons (Fsp3) is 0.684. The lowest BCUT2D eigenvalue weighted by Gasteiger charge is -2.39. The minimum Gasteiger partial charge on any atom is -0.476 e. The molecule has 4 N–H and O–H groups in total. The minimum atomic E-state index is -1.15. The van der Waals surface area contributed by atoms with E-state index in [1.165, 1.54) is 10.3 Å². The van der Waals surface area contributed by atoms with Gasteiger partial charge in [0.25, 0.3) is 0 Å². The largest absolute Gasteiger partial charge is 0.476 e. The summed E-state index contributed by atoms with van der Waals surface area (Å²) in [5, 5.41) is 26.7. The monoisotopic (exact) mass is 426 g/mol. The number of aromatic nitrogens is 1. The first kappa shape index (κ1) is 23.2. The van der Waals surface area contributed by atoms with Crippen molar-refractivity contribution in [1.29, 1.82) is 0 Å². The molecule has 1 aliphatic heterocycles. The summed E-state index contributed by atoms with van der Waals surface area (Å²) in [5.41, 5.74) is 0.0422. The average molecular weight is 427 g/mol. The van der Waals surface area contributed by atoms with Gasteiger partial charge in [-0.3, -0.25) is 9.59 Å². The summed E-state index contributed by atoms with van der Waals surface area (Å²) in [6.45, 7) is 7.24. The zero-order valence-electron chi connectivity index (χ0n) is 17.3. The standard InChI is InChI=1S/C19H30N4O5S/c1-11-7-19(2,3)10-21-15(11)16(26)20-8-14(25)23(4)6-5-13(24)17-22-12(9-29-17)18(27)28/h9,11,13,15,21,24H,5-8,10H2,1-4H3,(H,20,26)(H,27,28). The maximum absolute atomic E-state index is 12.4. The Hall–Kier alpha value is -2.04. The van der Waals surface area contributed by atoms with Gasteiger partial charge in [0, 0.05) is 25.5 Å². The Labute approximate surface area is 174 Å². The molecule has 2 rings (SSSR count). The third-order valence-corrected chi connectivity index (χ3v) is 6.08. The lowest BCUT2D eigenvalue weighted by atomic mass is 9.76. The van der Waals surface area contributed by atoms with Crippen LogP contribution in [-0.4, -0.2) is 70.6 Å². The molecule has 2 heterocycles. The van der Waals surface area contributed by atoms with Crippen molar-refractivity contribution < 1.29 is 24.6 Å². The molecule has 10 heteroatoms. The molecule has 2 amide bonds. The maximum Gasteiger partial charge on any atom is 0.355 e. The second kappa shape index (κ2) is 9.64. The van der Waals surface area contributed by atoms with E-state index in [9.17, 15) is 19.5 Å². The normalized spacial score (nSPS) is 22.0. The first-order chi connectivity index (χ1) is 13.5. The zero-order chi connectivity index (χ0) is 21.8. The first-order valence-electron chi connectivity index (χ1n) is 9.62. The van der Waals surface area contributed by atoms with Crippen LogP contribution in [0, 0.1) is 11.3 Å². The maximum atomic E-state index is 12.4. The van der Waals surface area contributed by atoms with Crippen molar-refractivity contribution in [3.05, 3.63) is 16.1 Å². The van der Waals surface area contributed by atoms with Crippen LogP contribution in [0.25, 0.3) is 0 Å². The summed E-state index contributed by atoms with van der Waals surface area (Å²) >= 11 is 1.07. The Morgan fingerprint density at radius 2 is 2.14 bits per heavy atom. The third kappa shape index (κ3) is 6.48. The van der Waals surface area contributed by atoms with Gasteiger partial charge in [-0.15, -0.1) is 11.3 Å². The van der Waals surface area contributed by atoms with Crippen LogP contribution in [0.4, 0.5) is 0 Å². The number of aliphatic hydroxyl groups excluding tert-OH is 1. The van der Waals surface area contributed by atoms with Gasteiger partial charge in [-0.2, -0.15) is 0 Å². The Morgan fingerprint density at radius 1 is 1.45 bits per heavy atom. The van der Waals surface area contributed by atoms with Gasteiger partial charge < -0.3 is 25.7 Å². The van der Waals surface area contributed by atoms with Gasteiger partial charge in [-0.1, -0.05) is 20.8 Å². The Bertz CT molecular complexity index is 751. The molecular weight excluding hydrogens is 396 g/mol. The van der Waals surface area contributed by atoms with E-state index >= 15 is 0 Å². The minimum absolute atomic E-state index is 0.106. The number of aliphatic hydroxyl groups is 1. The Morgan fingerprint density at radius 3 is 2.72 bits per heavy atom. The molecule has 9 nitrogen and oxygen atoms in total. The van der Waals surface area contributed by atoms with Crippen molar-refractivity contribution in [1.82, 2.24) is 20.5 Å². The van der Waals surface area contributed by atoms with Gasteiger partial charge in [-0.25, -0.2) is 9.78 Å². The summed E-state index contributed by atoms with van der Waals surface area (Å²) < 4.78 is 0. The van der Waals surface area contributed by atoms with Gasteiger partial charge in [0.15, 0.2) is 5.69 Å². The van der Waals surface area contributed by atoms with Crippen LogP contribution >= 0.6 is 11.3 Å². The van der Waals surface area contributed by atoms with Gasteiger partial charge >= 0.3 is 5.97 Å². The fourth-order valence-electron chi connectivity index (χ4n) is 3.51. The van der Waals surface area contributed by atoms with Crippen LogP contribution in [0.3, 0.4) is 0 Å². The van der Waals surface area contributed by atoms with E-state index in [1.54, 1.807) is 7.05 Å². The van der Waals surface area contributed by atoms with Crippen molar-refractivity contribution in [2.75, 3.05) is 26.7 Å². The number of rotatable bonds is 8. The van der Waals surface area contributed by atoms with E-state index in [1.807, 2.05) is 6.92 Å². The number of likely N-dealkylation sites (N-methyl/N-ethyl adjacent to an activating group) is 1. The zero-order valence-corrected chi connectivity index (χ0v) is 18.1. The van der Waals surface area contributed by atoms with Crippen LogP contribution in [0.15, 0.2) is 5.38 Å². The highest BCUT2D eigenvalue weighted by molar-refractivity contribution is 7.09. The molecule has 1 saturated heterocycles. The van der Waals surface area contributed by atoms with Crippen LogP contribution in [-0.2, 0) is 9.59 Å². The number of piperidine rings is 1. The number of carbonyl (C=O) groups is 3. The fourth-order valence-corrected chi connectivity index (χ4v) is 4.32. The molecule has 1 fully saturated rings. The number of hydrogen-bond donors (Lipinski definition) is 4. The molecule has 1 aromatic rings. The second-order valence-corrected chi connectivity index (χ2v) is 9.31. The number of aromatic carboxylic acids is 1. The molecule has 3 unspecified atom stereocenters. The molecule has 162 valence electrons. The highest BCUT2D eigenvalue weighted by atomic mass is 32.1. The Balaban J connectivity index is 1.75. The number of amides is 2. The SMILES string of the molecule is CC1CC(C)(C)CNC1C(=O)NCC(=O)N(C)CCC(O)c1nc(C(=O)O)cs1. The first-order valence-corrected chi connectivity index (χ1v) is 10.5. The van der Waals surface area contributed by atoms with E-state index in [-0.39, 0.29) is 54.4 Å². The summed E-state index contributed by atoms with van der Waals surface area (Å²) in [4.78, 5) is 40.8. The molecule has 0 bridgehead atoms. The van der Waals surface area contributed by atoms with Crippen molar-refractivity contribution in [2.24, 2.45) is 11.3 Å². The number of carboxylic acids is 1. The quantitative estimate of drug-likeness (QED) is 0.485. The van der Waals surface area contributed by atoms with Crippen molar-refractivity contribution in [3.63, 3.8) is 0 Å². The summed E-state index contributed by atoms with van der Waals surface area (Å²) in [5.74, 6) is -1.41. The third-order valence-electron chi connectivity index (χ3n) is 5.13. The predicted molar refractivity (Wildman–Crippen MR) is 109 cm³/mol. The molecule has 1 aromatic heterocycles. The highest BCUT2D eigenvalue weighted by Gasteiger charge is 2.35. The van der Waals surface area contributed by atoms with Gasteiger partial charge in [-0.05, 0) is 24.2 Å². The number of carboxylic acid groups (broad SMARTS) is 1. The Kier molecular flexibility index (Phi) is 7.73. The topological polar surface area (TPSA) is 132 Å². The van der Waals surface area contributed by atoms with Crippen molar-refractivity contribution in [2.45, 2.75) is 45.8 Å². The van der Waals surface area contributed by atoms with E-state index in [0.29, 0.717) is 5.01 Å². The van der Waals surface area contributed by atoms with E-state index < -0.39 is 12.1 Å². The predicted octanol–water partition coefficient (Wildman–Crippen LogP) is 0.864. The van der Waals surface area contributed by atoms with Crippen LogP contribution in [0.2, 0.25) is 0 Å².